The van der Waals surface area contributed by atoms with Gasteiger partial charge in [-0.15, -0.1) is 0 Å². The maximum absolute atomic E-state index is 9.55. The van der Waals surface area contributed by atoms with Crippen molar-refractivity contribution in [3.63, 3.8) is 0 Å². The molecule has 0 amide bonds. The van der Waals surface area contributed by atoms with Gasteiger partial charge in [-0.1, -0.05) is 40.0 Å². The van der Waals surface area contributed by atoms with E-state index in [4.69, 9.17) is 0 Å². The first kappa shape index (κ1) is 16.3. The molecule has 0 aliphatic heterocycles. The normalized spacial score (nSPS) is 39.1. The third-order valence-electron chi connectivity index (χ3n) is 5.97. The van der Waals surface area contributed by atoms with Crippen molar-refractivity contribution in [2.45, 2.75) is 71.8 Å². The summed E-state index contributed by atoms with van der Waals surface area (Å²) < 4.78 is 0. The van der Waals surface area contributed by atoms with Crippen molar-refractivity contribution in [1.82, 2.24) is 5.32 Å². The Kier molecular flexibility index (Phi) is 6.35. The van der Waals surface area contributed by atoms with Crippen LogP contribution in [0.5, 0.6) is 0 Å². The van der Waals surface area contributed by atoms with E-state index in [1.54, 1.807) is 0 Å². The van der Waals surface area contributed by atoms with Crippen LogP contribution in [0.4, 0.5) is 0 Å². The molecule has 0 radical (unpaired) electrons. The largest absolute Gasteiger partial charge is 0.396 e. The van der Waals surface area contributed by atoms with E-state index in [1.807, 2.05) is 0 Å². The van der Waals surface area contributed by atoms with E-state index >= 15 is 0 Å². The van der Waals surface area contributed by atoms with E-state index < -0.39 is 0 Å². The van der Waals surface area contributed by atoms with Gasteiger partial charge in [0.05, 0.1) is 0 Å². The van der Waals surface area contributed by atoms with Gasteiger partial charge in [-0.25, -0.2) is 0 Å². The van der Waals surface area contributed by atoms with E-state index in [-0.39, 0.29) is 0 Å². The van der Waals surface area contributed by atoms with Crippen LogP contribution in [0.1, 0.15) is 65.7 Å². The molecule has 0 aromatic carbocycles. The second kappa shape index (κ2) is 7.79. The predicted octanol–water partition coefficient (Wildman–Crippen LogP) is 3.84. The minimum absolute atomic E-state index is 0.390. The van der Waals surface area contributed by atoms with Crippen LogP contribution < -0.4 is 5.32 Å². The zero-order chi connectivity index (χ0) is 14.5. The topological polar surface area (TPSA) is 32.3 Å². The van der Waals surface area contributed by atoms with Gasteiger partial charge in [-0.3, -0.25) is 0 Å². The molecule has 5 unspecified atom stereocenters. The Balaban J connectivity index is 1.86. The van der Waals surface area contributed by atoms with Gasteiger partial charge in [0.15, 0.2) is 0 Å². The van der Waals surface area contributed by atoms with Gasteiger partial charge in [0.1, 0.15) is 0 Å². The smallest absolute Gasteiger partial charge is 0.0462 e. The highest BCUT2D eigenvalue weighted by atomic mass is 16.3. The quantitative estimate of drug-likeness (QED) is 0.802. The summed E-state index contributed by atoms with van der Waals surface area (Å²) in [5, 5.41) is 13.5. The summed E-state index contributed by atoms with van der Waals surface area (Å²) in [6.45, 7) is 8.69. The monoisotopic (exact) mass is 281 g/mol. The van der Waals surface area contributed by atoms with Crippen molar-refractivity contribution in [1.29, 1.82) is 0 Å². The van der Waals surface area contributed by atoms with Crippen LogP contribution in [-0.2, 0) is 0 Å². The van der Waals surface area contributed by atoms with Gasteiger partial charge in [0.25, 0.3) is 0 Å². The highest BCUT2D eigenvalue weighted by Gasteiger charge is 2.32. The summed E-state index contributed by atoms with van der Waals surface area (Å²) in [5.74, 6) is 3.78. The lowest BCUT2D eigenvalue weighted by Crippen LogP contribution is -2.46. The first-order chi connectivity index (χ1) is 9.61. The Bertz CT molecular complexity index is 279. The highest BCUT2D eigenvalue weighted by molar-refractivity contribution is 4.87. The van der Waals surface area contributed by atoms with Crippen molar-refractivity contribution in [2.75, 3.05) is 13.2 Å². The van der Waals surface area contributed by atoms with Gasteiger partial charge in [-0.05, 0) is 61.8 Å². The summed E-state index contributed by atoms with van der Waals surface area (Å²) in [7, 11) is 0. The first-order valence-corrected chi connectivity index (χ1v) is 8.96. The Morgan fingerprint density at radius 2 is 1.75 bits per heavy atom. The van der Waals surface area contributed by atoms with Crippen molar-refractivity contribution in [2.24, 2.45) is 29.6 Å². The van der Waals surface area contributed by atoms with Crippen molar-refractivity contribution >= 4 is 0 Å². The Morgan fingerprint density at radius 3 is 2.40 bits per heavy atom. The van der Waals surface area contributed by atoms with E-state index in [1.165, 1.54) is 44.9 Å². The summed E-state index contributed by atoms with van der Waals surface area (Å²) in [6, 6.07) is 0.708. The molecule has 2 heteroatoms. The molecule has 0 saturated heterocycles. The second-order valence-corrected chi connectivity index (χ2v) is 7.83. The van der Waals surface area contributed by atoms with Gasteiger partial charge in [0.2, 0.25) is 0 Å². The number of nitrogens with one attached hydrogen (secondary N) is 1. The molecule has 2 nitrogen and oxygen atoms in total. The standard InChI is InChI=1S/C18H35NO/c1-13(2)17-9-8-14(3)10-18(17)19-11-15-6-4-5-7-16(15)12-20/h13-20H,4-12H2,1-3H3. The fourth-order valence-corrected chi connectivity index (χ4v) is 4.53. The zero-order valence-electron chi connectivity index (χ0n) is 13.8. The summed E-state index contributed by atoms with van der Waals surface area (Å²) in [4.78, 5) is 0. The molecule has 20 heavy (non-hydrogen) atoms. The molecule has 2 rings (SSSR count). The maximum atomic E-state index is 9.55. The number of aliphatic hydroxyl groups is 1. The molecule has 2 saturated carbocycles. The molecule has 2 N–H and O–H groups in total. The molecule has 0 aromatic heterocycles. The van der Waals surface area contributed by atoms with Crippen LogP contribution in [0.15, 0.2) is 0 Å². The third-order valence-corrected chi connectivity index (χ3v) is 5.97. The lowest BCUT2D eigenvalue weighted by molar-refractivity contribution is 0.115. The molecule has 2 aliphatic carbocycles. The van der Waals surface area contributed by atoms with Crippen LogP contribution in [0.25, 0.3) is 0 Å². The fourth-order valence-electron chi connectivity index (χ4n) is 4.53. The van der Waals surface area contributed by atoms with Gasteiger partial charge >= 0.3 is 0 Å². The third kappa shape index (κ3) is 4.21. The summed E-state index contributed by atoms with van der Waals surface area (Å²) >= 11 is 0. The molecular weight excluding hydrogens is 246 g/mol. The number of aliphatic hydroxyl groups excluding tert-OH is 1. The number of rotatable bonds is 5. The molecule has 118 valence electrons. The zero-order valence-corrected chi connectivity index (χ0v) is 13.8. The maximum Gasteiger partial charge on any atom is 0.0462 e. The average molecular weight is 281 g/mol. The summed E-state index contributed by atoms with van der Waals surface area (Å²) in [6.07, 6.45) is 9.37. The lowest BCUT2D eigenvalue weighted by atomic mass is 9.73. The molecule has 0 heterocycles. The number of hydrogen-bond donors (Lipinski definition) is 2. The molecule has 5 atom stereocenters. The Morgan fingerprint density at radius 1 is 1.05 bits per heavy atom. The molecule has 2 aliphatic rings. The highest BCUT2D eigenvalue weighted by Crippen LogP contribution is 2.34. The van der Waals surface area contributed by atoms with Crippen LogP contribution in [0, 0.1) is 29.6 Å². The SMILES string of the molecule is CC1CCC(C(C)C)C(NCC2CCCCC2CO)C1. The van der Waals surface area contributed by atoms with Crippen molar-refractivity contribution in [3.8, 4) is 0 Å². The van der Waals surface area contributed by atoms with Gasteiger partial charge in [-0.2, -0.15) is 0 Å². The minimum Gasteiger partial charge on any atom is -0.396 e. The van der Waals surface area contributed by atoms with E-state index in [2.05, 4.69) is 26.1 Å². The van der Waals surface area contributed by atoms with Crippen LogP contribution in [0.2, 0.25) is 0 Å². The van der Waals surface area contributed by atoms with Crippen LogP contribution in [-0.4, -0.2) is 24.3 Å². The van der Waals surface area contributed by atoms with Crippen molar-refractivity contribution < 1.29 is 5.11 Å². The Hall–Kier alpha value is -0.0800. The molecule has 0 bridgehead atoms. The molecule has 2 fully saturated rings. The van der Waals surface area contributed by atoms with Crippen LogP contribution >= 0.6 is 0 Å². The van der Waals surface area contributed by atoms with E-state index in [0.717, 1.165) is 24.3 Å². The lowest BCUT2D eigenvalue weighted by Gasteiger charge is -2.40. The Labute approximate surface area is 125 Å². The molecule has 0 spiro atoms. The predicted molar refractivity (Wildman–Crippen MR) is 85.7 cm³/mol. The number of hydrogen-bond acceptors (Lipinski definition) is 2. The van der Waals surface area contributed by atoms with E-state index in [0.29, 0.717) is 24.5 Å². The fraction of sp³-hybridized carbons (Fsp3) is 1.00. The van der Waals surface area contributed by atoms with Crippen molar-refractivity contribution in [3.05, 3.63) is 0 Å². The van der Waals surface area contributed by atoms with E-state index in [9.17, 15) is 5.11 Å². The minimum atomic E-state index is 0.390. The molecular formula is C18H35NO. The second-order valence-electron chi connectivity index (χ2n) is 7.83. The average Bonchev–Trinajstić information content (AvgIpc) is 2.45. The van der Waals surface area contributed by atoms with Gasteiger partial charge < -0.3 is 10.4 Å². The van der Waals surface area contributed by atoms with Gasteiger partial charge in [0, 0.05) is 12.6 Å². The molecule has 0 aromatic rings. The summed E-state index contributed by atoms with van der Waals surface area (Å²) in [5.41, 5.74) is 0. The first-order valence-electron chi connectivity index (χ1n) is 8.96. The van der Waals surface area contributed by atoms with Crippen LogP contribution in [0.3, 0.4) is 0 Å².